The van der Waals surface area contributed by atoms with E-state index in [1.807, 2.05) is 25.1 Å². The Morgan fingerprint density at radius 1 is 1.04 bits per heavy atom. The van der Waals surface area contributed by atoms with E-state index in [1.165, 1.54) is 11.3 Å². The van der Waals surface area contributed by atoms with Gasteiger partial charge in [0.2, 0.25) is 0 Å². The summed E-state index contributed by atoms with van der Waals surface area (Å²) in [7, 11) is 0. The van der Waals surface area contributed by atoms with Crippen molar-refractivity contribution in [3.63, 3.8) is 0 Å². The molecule has 116 valence electrons. The predicted molar refractivity (Wildman–Crippen MR) is 96.6 cm³/mol. The molecular formula is C17H10N4OS2. The number of anilines is 1. The van der Waals surface area contributed by atoms with Gasteiger partial charge in [-0.2, -0.15) is 5.26 Å². The van der Waals surface area contributed by atoms with E-state index in [2.05, 4.69) is 15.3 Å². The lowest BCUT2D eigenvalue weighted by Gasteiger charge is -2.01. The summed E-state index contributed by atoms with van der Waals surface area (Å²) in [6.07, 6.45) is 0. The summed E-state index contributed by atoms with van der Waals surface area (Å²) in [4.78, 5) is 21.3. The maximum Gasteiger partial charge on any atom is 0.257 e. The first-order chi connectivity index (χ1) is 11.6. The highest BCUT2D eigenvalue weighted by Gasteiger charge is 2.13. The molecule has 5 nitrogen and oxygen atoms in total. The fraction of sp³-hybridized carbons (Fsp3) is 0.0588. The SMILES string of the molecule is Cc1nc2ccc3nc(NC(=O)c4ccc(C#N)cc4)sc3c2s1. The number of aryl methyl sites for hydroxylation is 1. The van der Waals surface area contributed by atoms with Gasteiger partial charge in [0, 0.05) is 5.56 Å². The zero-order chi connectivity index (χ0) is 16.7. The van der Waals surface area contributed by atoms with Gasteiger partial charge in [-0.25, -0.2) is 9.97 Å². The summed E-state index contributed by atoms with van der Waals surface area (Å²) in [6.45, 7) is 1.98. The third kappa shape index (κ3) is 2.52. The molecule has 0 unspecified atom stereocenters. The second kappa shape index (κ2) is 5.67. The lowest BCUT2D eigenvalue weighted by molar-refractivity contribution is 0.102. The number of fused-ring (bicyclic) bond motifs is 3. The molecule has 0 aliphatic heterocycles. The predicted octanol–water partition coefficient (Wildman–Crippen LogP) is 4.34. The van der Waals surface area contributed by atoms with E-state index in [1.54, 1.807) is 35.6 Å². The molecule has 2 aromatic heterocycles. The second-order valence-corrected chi connectivity index (χ2v) is 7.36. The Bertz CT molecular complexity index is 1120. The Morgan fingerprint density at radius 3 is 2.42 bits per heavy atom. The highest BCUT2D eigenvalue weighted by molar-refractivity contribution is 7.28. The van der Waals surface area contributed by atoms with Crippen LogP contribution in [0.4, 0.5) is 5.13 Å². The number of nitriles is 1. The molecule has 0 fully saturated rings. The van der Waals surface area contributed by atoms with Crippen molar-refractivity contribution in [1.82, 2.24) is 9.97 Å². The minimum absolute atomic E-state index is 0.240. The fourth-order valence-corrected chi connectivity index (χ4v) is 4.40. The molecule has 2 heterocycles. The van der Waals surface area contributed by atoms with Gasteiger partial charge in [-0.05, 0) is 43.3 Å². The van der Waals surface area contributed by atoms with Crippen molar-refractivity contribution in [2.75, 3.05) is 5.32 Å². The molecule has 0 saturated carbocycles. The molecule has 0 aliphatic carbocycles. The molecule has 2 aromatic carbocycles. The van der Waals surface area contributed by atoms with E-state index >= 15 is 0 Å². The van der Waals surface area contributed by atoms with Crippen LogP contribution < -0.4 is 5.32 Å². The third-order valence-electron chi connectivity index (χ3n) is 3.52. The van der Waals surface area contributed by atoms with Gasteiger partial charge < -0.3 is 0 Å². The van der Waals surface area contributed by atoms with Crippen molar-refractivity contribution in [2.24, 2.45) is 0 Å². The number of benzene rings is 2. The first-order valence-electron chi connectivity index (χ1n) is 7.12. The van der Waals surface area contributed by atoms with E-state index in [9.17, 15) is 4.79 Å². The maximum absolute atomic E-state index is 12.3. The average molecular weight is 350 g/mol. The summed E-state index contributed by atoms with van der Waals surface area (Å²) in [6, 6.07) is 12.4. The summed E-state index contributed by atoms with van der Waals surface area (Å²) < 4.78 is 2.13. The normalized spacial score (nSPS) is 10.8. The van der Waals surface area contributed by atoms with E-state index in [-0.39, 0.29) is 5.91 Å². The topological polar surface area (TPSA) is 78.7 Å². The van der Waals surface area contributed by atoms with Crippen molar-refractivity contribution in [3.05, 3.63) is 52.5 Å². The Hall–Kier alpha value is -2.82. The van der Waals surface area contributed by atoms with Crippen LogP contribution in [0.15, 0.2) is 36.4 Å². The highest BCUT2D eigenvalue weighted by Crippen LogP contribution is 2.35. The van der Waals surface area contributed by atoms with Crippen molar-refractivity contribution in [1.29, 1.82) is 5.26 Å². The number of rotatable bonds is 2. The highest BCUT2D eigenvalue weighted by atomic mass is 32.1. The molecule has 24 heavy (non-hydrogen) atoms. The summed E-state index contributed by atoms with van der Waals surface area (Å²) in [5.41, 5.74) is 2.83. The summed E-state index contributed by atoms with van der Waals surface area (Å²) in [5.74, 6) is -0.240. The van der Waals surface area contributed by atoms with Crippen LogP contribution in [0.3, 0.4) is 0 Å². The van der Waals surface area contributed by atoms with Crippen molar-refractivity contribution < 1.29 is 4.79 Å². The second-order valence-electron chi connectivity index (χ2n) is 5.16. The van der Waals surface area contributed by atoms with E-state index in [0.717, 1.165) is 25.4 Å². The van der Waals surface area contributed by atoms with Gasteiger partial charge in [-0.3, -0.25) is 10.1 Å². The molecule has 1 amide bonds. The van der Waals surface area contributed by atoms with Gasteiger partial charge in [0.05, 0.1) is 37.1 Å². The first-order valence-corrected chi connectivity index (χ1v) is 8.75. The van der Waals surface area contributed by atoms with Gasteiger partial charge in [0.15, 0.2) is 5.13 Å². The Morgan fingerprint density at radius 2 is 1.71 bits per heavy atom. The molecule has 4 rings (SSSR count). The molecule has 4 aromatic rings. The lowest BCUT2D eigenvalue weighted by atomic mass is 10.1. The van der Waals surface area contributed by atoms with Crippen molar-refractivity contribution >= 4 is 54.1 Å². The summed E-state index contributed by atoms with van der Waals surface area (Å²) in [5, 5.41) is 13.2. The van der Waals surface area contributed by atoms with Crippen molar-refractivity contribution in [3.8, 4) is 6.07 Å². The van der Waals surface area contributed by atoms with E-state index in [0.29, 0.717) is 16.3 Å². The fourth-order valence-electron chi connectivity index (χ4n) is 2.40. The maximum atomic E-state index is 12.3. The van der Waals surface area contributed by atoms with Gasteiger partial charge in [-0.1, -0.05) is 11.3 Å². The largest absolute Gasteiger partial charge is 0.298 e. The quantitative estimate of drug-likeness (QED) is 0.583. The first kappa shape index (κ1) is 14.8. The van der Waals surface area contributed by atoms with Gasteiger partial charge in [0.1, 0.15) is 0 Å². The smallest absolute Gasteiger partial charge is 0.257 e. The Kier molecular flexibility index (Phi) is 3.49. The Labute approximate surface area is 145 Å². The number of aromatic nitrogens is 2. The minimum atomic E-state index is -0.240. The van der Waals surface area contributed by atoms with Crippen molar-refractivity contribution in [2.45, 2.75) is 6.92 Å². The number of amides is 1. The molecular weight excluding hydrogens is 340 g/mol. The number of thiazole rings is 2. The molecule has 0 bridgehead atoms. The van der Waals surface area contributed by atoms with Crippen LogP contribution in [0.25, 0.3) is 20.4 Å². The van der Waals surface area contributed by atoms with Crippen LogP contribution in [-0.4, -0.2) is 15.9 Å². The van der Waals surface area contributed by atoms with Gasteiger partial charge >= 0.3 is 0 Å². The minimum Gasteiger partial charge on any atom is -0.298 e. The molecule has 0 radical (unpaired) electrons. The molecule has 7 heteroatoms. The number of hydrogen-bond donors (Lipinski definition) is 1. The lowest BCUT2D eigenvalue weighted by Crippen LogP contribution is -2.11. The van der Waals surface area contributed by atoms with E-state index < -0.39 is 0 Å². The standard InChI is InChI=1S/C17H10N4OS2/c1-9-19-12-6-7-13-15(14(12)23-9)24-17(20-13)21-16(22)11-4-2-10(8-18)3-5-11/h2-7H,1H3,(H,20,21,22). The number of nitrogens with zero attached hydrogens (tertiary/aromatic N) is 3. The van der Waals surface area contributed by atoms with Crippen LogP contribution in [0, 0.1) is 18.3 Å². The Balaban J connectivity index is 1.67. The number of hydrogen-bond acceptors (Lipinski definition) is 6. The number of nitrogens with one attached hydrogen (secondary N) is 1. The van der Waals surface area contributed by atoms with Crippen LogP contribution in [-0.2, 0) is 0 Å². The van der Waals surface area contributed by atoms with Crippen LogP contribution >= 0.6 is 22.7 Å². The van der Waals surface area contributed by atoms with Gasteiger partial charge in [0.25, 0.3) is 5.91 Å². The molecule has 0 atom stereocenters. The monoisotopic (exact) mass is 350 g/mol. The zero-order valence-electron chi connectivity index (χ0n) is 12.5. The molecule has 0 aliphatic rings. The molecule has 0 saturated heterocycles. The third-order valence-corrected chi connectivity index (χ3v) is 5.65. The summed E-state index contributed by atoms with van der Waals surface area (Å²) >= 11 is 3.08. The number of carbonyl (C=O) groups excluding carboxylic acids is 1. The average Bonchev–Trinajstić information content (AvgIpc) is 3.16. The zero-order valence-corrected chi connectivity index (χ0v) is 14.2. The van der Waals surface area contributed by atoms with E-state index in [4.69, 9.17) is 5.26 Å². The van der Waals surface area contributed by atoms with Gasteiger partial charge in [-0.15, -0.1) is 11.3 Å². The van der Waals surface area contributed by atoms with Crippen LogP contribution in [0.5, 0.6) is 0 Å². The van der Waals surface area contributed by atoms with Crippen LogP contribution in [0.2, 0.25) is 0 Å². The van der Waals surface area contributed by atoms with Crippen LogP contribution in [0.1, 0.15) is 20.9 Å². The molecule has 1 N–H and O–H groups in total. The molecule has 0 spiro atoms. The number of carbonyl (C=O) groups is 1.